The second kappa shape index (κ2) is 5.77. The molecule has 1 N–H and O–H groups in total. The van der Waals surface area contributed by atoms with E-state index >= 15 is 0 Å². The van der Waals surface area contributed by atoms with Gasteiger partial charge in [-0.25, -0.2) is 0 Å². The number of fused-ring (bicyclic) bond motifs is 1. The fourth-order valence-electron chi connectivity index (χ4n) is 2.43. The van der Waals surface area contributed by atoms with Crippen LogP contribution in [0, 0.1) is 0 Å². The predicted octanol–water partition coefficient (Wildman–Crippen LogP) is 2.04. The van der Waals surface area contributed by atoms with Crippen molar-refractivity contribution in [2.24, 2.45) is 0 Å². The van der Waals surface area contributed by atoms with Crippen LogP contribution in [0.15, 0.2) is 36.7 Å². The molecule has 0 unspecified atom stereocenters. The van der Waals surface area contributed by atoms with E-state index in [0.29, 0.717) is 18.0 Å². The van der Waals surface area contributed by atoms with Gasteiger partial charge in [0.05, 0.1) is 6.54 Å². The highest BCUT2D eigenvalue weighted by molar-refractivity contribution is 6.30. The first kappa shape index (κ1) is 13.9. The van der Waals surface area contributed by atoms with Crippen molar-refractivity contribution in [2.75, 3.05) is 0 Å². The van der Waals surface area contributed by atoms with E-state index in [1.54, 1.807) is 23.0 Å². The Balaban J connectivity index is 1.57. The molecule has 0 saturated carbocycles. The number of amides is 1. The monoisotopic (exact) mass is 305 g/mol. The molecule has 1 aliphatic rings. The third-order valence-corrected chi connectivity index (χ3v) is 3.63. The number of benzene rings is 1. The molecule has 1 aliphatic heterocycles. The number of rotatable bonds is 4. The summed E-state index contributed by atoms with van der Waals surface area (Å²) in [6, 6.07) is 7.25. The first-order chi connectivity index (χ1) is 10.1. The molecule has 0 bridgehead atoms. The highest BCUT2D eigenvalue weighted by atomic mass is 35.5. The van der Waals surface area contributed by atoms with Crippen molar-refractivity contribution in [2.45, 2.75) is 32.0 Å². The molecule has 0 spiro atoms. The topological polar surface area (TPSA) is 56.2 Å². The van der Waals surface area contributed by atoms with Gasteiger partial charge in [-0.3, -0.25) is 9.48 Å². The Morgan fingerprint density at radius 1 is 1.62 bits per heavy atom. The van der Waals surface area contributed by atoms with Gasteiger partial charge in [-0.1, -0.05) is 11.6 Å². The lowest BCUT2D eigenvalue weighted by Crippen LogP contribution is -2.43. The Labute approximate surface area is 127 Å². The molecular formula is C15H16ClN3O2. The second-order valence-corrected chi connectivity index (χ2v) is 5.64. The summed E-state index contributed by atoms with van der Waals surface area (Å²) < 4.78 is 7.45. The first-order valence-corrected chi connectivity index (χ1v) is 7.22. The molecule has 6 heteroatoms. The van der Waals surface area contributed by atoms with Crippen molar-refractivity contribution in [3.63, 3.8) is 0 Å². The Hall–Kier alpha value is -2.01. The summed E-state index contributed by atoms with van der Waals surface area (Å²) in [5.41, 5.74) is 0.974. The Morgan fingerprint density at radius 3 is 3.24 bits per heavy atom. The van der Waals surface area contributed by atoms with Crippen LogP contribution >= 0.6 is 11.6 Å². The third kappa shape index (κ3) is 3.19. The minimum Gasteiger partial charge on any atom is -0.480 e. The van der Waals surface area contributed by atoms with E-state index in [-0.39, 0.29) is 11.9 Å². The lowest BCUT2D eigenvalue weighted by atomic mass is 10.1. The molecule has 1 amide bonds. The first-order valence-electron chi connectivity index (χ1n) is 6.85. The van der Waals surface area contributed by atoms with Crippen molar-refractivity contribution < 1.29 is 9.53 Å². The van der Waals surface area contributed by atoms with Gasteiger partial charge in [-0.2, -0.15) is 5.10 Å². The van der Waals surface area contributed by atoms with Gasteiger partial charge in [0.2, 0.25) is 0 Å². The second-order valence-electron chi connectivity index (χ2n) is 5.20. The lowest BCUT2D eigenvalue weighted by molar-refractivity contribution is -0.127. The molecule has 110 valence electrons. The minimum atomic E-state index is -0.487. The van der Waals surface area contributed by atoms with Crippen LogP contribution in [0.25, 0.3) is 0 Å². The summed E-state index contributed by atoms with van der Waals surface area (Å²) in [4.78, 5) is 12.2. The summed E-state index contributed by atoms with van der Waals surface area (Å²) in [5, 5.41) is 7.73. The molecule has 5 nitrogen and oxygen atoms in total. The van der Waals surface area contributed by atoms with Gasteiger partial charge in [0.25, 0.3) is 5.91 Å². The van der Waals surface area contributed by atoms with Crippen molar-refractivity contribution in [3.8, 4) is 5.75 Å². The number of hydrogen-bond acceptors (Lipinski definition) is 3. The number of nitrogens with zero attached hydrogens (tertiary/aromatic N) is 2. The minimum absolute atomic E-state index is 0.0201. The molecule has 1 aromatic carbocycles. The third-order valence-electron chi connectivity index (χ3n) is 3.40. The van der Waals surface area contributed by atoms with Crippen molar-refractivity contribution >= 4 is 17.5 Å². The number of aromatic nitrogens is 2. The van der Waals surface area contributed by atoms with Crippen LogP contribution in [-0.2, 0) is 17.8 Å². The van der Waals surface area contributed by atoms with Crippen LogP contribution in [0.4, 0.5) is 0 Å². The molecular weight excluding hydrogens is 290 g/mol. The largest absolute Gasteiger partial charge is 0.480 e. The number of ether oxygens (including phenoxy) is 1. The van der Waals surface area contributed by atoms with Crippen LogP contribution < -0.4 is 10.1 Å². The standard InChI is InChI=1S/C15H16ClN3O2/c1-10(9-19-6-2-5-17-19)18-15(20)14-8-11-7-12(16)3-4-13(11)21-14/h2-7,10,14H,8-9H2,1H3,(H,18,20)/t10-,14-/m0/s1. The van der Waals surface area contributed by atoms with Gasteiger partial charge in [-0.05, 0) is 36.8 Å². The average molecular weight is 306 g/mol. The van der Waals surface area contributed by atoms with Crippen molar-refractivity contribution in [1.82, 2.24) is 15.1 Å². The maximum Gasteiger partial charge on any atom is 0.261 e. The van der Waals surface area contributed by atoms with E-state index in [9.17, 15) is 4.79 Å². The maximum absolute atomic E-state index is 12.2. The highest BCUT2D eigenvalue weighted by Gasteiger charge is 2.29. The van der Waals surface area contributed by atoms with Gasteiger partial charge in [-0.15, -0.1) is 0 Å². The molecule has 0 fully saturated rings. The van der Waals surface area contributed by atoms with E-state index < -0.39 is 6.10 Å². The molecule has 0 radical (unpaired) electrons. The summed E-state index contributed by atoms with van der Waals surface area (Å²) in [6.45, 7) is 2.57. The van der Waals surface area contributed by atoms with Crippen molar-refractivity contribution in [3.05, 3.63) is 47.2 Å². The number of hydrogen-bond donors (Lipinski definition) is 1. The molecule has 2 atom stereocenters. The Bertz CT molecular complexity index is 642. The van der Waals surface area contributed by atoms with E-state index in [1.165, 1.54) is 0 Å². The molecule has 0 saturated heterocycles. The van der Waals surface area contributed by atoms with E-state index in [2.05, 4.69) is 10.4 Å². The number of nitrogens with one attached hydrogen (secondary N) is 1. The van der Waals surface area contributed by atoms with Gasteiger partial charge in [0, 0.05) is 29.9 Å². The molecule has 2 heterocycles. The summed E-state index contributed by atoms with van der Waals surface area (Å²) in [6.07, 6.45) is 3.65. The quantitative estimate of drug-likeness (QED) is 0.940. The molecule has 2 aromatic rings. The molecule has 0 aliphatic carbocycles. The summed E-state index contributed by atoms with van der Waals surface area (Å²) in [7, 11) is 0. The fourth-order valence-corrected chi connectivity index (χ4v) is 2.63. The predicted molar refractivity (Wildman–Crippen MR) is 79.4 cm³/mol. The van der Waals surface area contributed by atoms with Gasteiger partial charge >= 0.3 is 0 Å². The Morgan fingerprint density at radius 2 is 2.48 bits per heavy atom. The van der Waals surface area contributed by atoms with Gasteiger partial charge < -0.3 is 10.1 Å². The van der Waals surface area contributed by atoms with E-state index in [1.807, 2.05) is 25.3 Å². The smallest absolute Gasteiger partial charge is 0.261 e. The zero-order chi connectivity index (χ0) is 14.8. The SMILES string of the molecule is C[C@@H](Cn1cccn1)NC(=O)[C@@H]1Cc2cc(Cl)ccc2O1. The van der Waals surface area contributed by atoms with Crippen LogP contribution in [0.5, 0.6) is 5.75 Å². The van der Waals surface area contributed by atoms with E-state index in [0.717, 1.165) is 11.3 Å². The van der Waals surface area contributed by atoms with Gasteiger partial charge in [0.15, 0.2) is 6.10 Å². The normalized spacial score (nSPS) is 17.9. The average Bonchev–Trinajstić information content (AvgIpc) is 3.06. The highest BCUT2D eigenvalue weighted by Crippen LogP contribution is 2.31. The van der Waals surface area contributed by atoms with Crippen LogP contribution in [0.3, 0.4) is 0 Å². The zero-order valence-corrected chi connectivity index (χ0v) is 12.4. The van der Waals surface area contributed by atoms with Gasteiger partial charge in [0.1, 0.15) is 5.75 Å². The zero-order valence-electron chi connectivity index (χ0n) is 11.6. The number of halogens is 1. The van der Waals surface area contributed by atoms with E-state index in [4.69, 9.17) is 16.3 Å². The number of carbonyl (C=O) groups excluding carboxylic acids is 1. The number of carbonyl (C=O) groups is 1. The van der Waals surface area contributed by atoms with Crippen LogP contribution in [0.2, 0.25) is 5.02 Å². The van der Waals surface area contributed by atoms with Crippen molar-refractivity contribution in [1.29, 1.82) is 0 Å². The van der Waals surface area contributed by atoms with Crippen LogP contribution in [0.1, 0.15) is 12.5 Å². The molecule has 3 rings (SSSR count). The fraction of sp³-hybridized carbons (Fsp3) is 0.333. The summed E-state index contributed by atoms with van der Waals surface area (Å²) in [5.74, 6) is 0.626. The molecule has 1 aromatic heterocycles. The maximum atomic E-state index is 12.2. The Kier molecular flexibility index (Phi) is 3.84. The van der Waals surface area contributed by atoms with Crippen LogP contribution in [-0.4, -0.2) is 27.8 Å². The molecule has 21 heavy (non-hydrogen) atoms. The summed E-state index contributed by atoms with van der Waals surface area (Å²) >= 11 is 5.95. The lowest BCUT2D eigenvalue weighted by Gasteiger charge is -2.17.